The molecule has 0 atom stereocenters. The van der Waals surface area contributed by atoms with E-state index < -0.39 is 0 Å². The van der Waals surface area contributed by atoms with Gasteiger partial charge in [0.05, 0.1) is 12.7 Å². The van der Waals surface area contributed by atoms with Crippen LogP contribution in [0.3, 0.4) is 0 Å². The van der Waals surface area contributed by atoms with Crippen LogP contribution >= 0.6 is 12.2 Å². The zero-order chi connectivity index (χ0) is 12.1. The Balaban J connectivity index is 1.84. The molecule has 2 rings (SSSR count). The highest BCUT2D eigenvalue weighted by molar-refractivity contribution is 7.80. The van der Waals surface area contributed by atoms with Crippen LogP contribution in [0.25, 0.3) is 0 Å². The second kappa shape index (κ2) is 6.10. The Morgan fingerprint density at radius 1 is 1.29 bits per heavy atom. The van der Waals surface area contributed by atoms with E-state index in [0.29, 0.717) is 17.7 Å². The lowest BCUT2D eigenvalue weighted by atomic mass is 10.1. The minimum absolute atomic E-state index is 0.332. The van der Waals surface area contributed by atoms with Gasteiger partial charge in [0.1, 0.15) is 4.99 Å². The molecule has 1 saturated heterocycles. The lowest BCUT2D eigenvalue weighted by Crippen LogP contribution is -2.23. The first-order valence-electron chi connectivity index (χ1n) is 5.84. The summed E-state index contributed by atoms with van der Waals surface area (Å²) in [4.78, 5) is 0.432. The molecule has 1 aliphatic rings. The SMILES string of the molecule is NC(=S)c1ccc(COC2CCOCC2)cc1. The molecule has 3 nitrogen and oxygen atoms in total. The summed E-state index contributed by atoms with van der Waals surface area (Å²) >= 11 is 4.91. The van der Waals surface area contributed by atoms with Gasteiger partial charge < -0.3 is 15.2 Å². The molecule has 2 N–H and O–H groups in total. The number of thiocarbonyl (C=S) groups is 1. The van der Waals surface area contributed by atoms with Gasteiger partial charge >= 0.3 is 0 Å². The Hall–Kier alpha value is -0.970. The maximum Gasteiger partial charge on any atom is 0.103 e. The van der Waals surface area contributed by atoms with Gasteiger partial charge in [-0.1, -0.05) is 36.5 Å². The molecule has 0 amide bonds. The summed E-state index contributed by atoms with van der Waals surface area (Å²) < 4.78 is 11.1. The van der Waals surface area contributed by atoms with Crippen molar-refractivity contribution in [1.82, 2.24) is 0 Å². The molecular weight excluding hydrogens is 234 g/mol. The zero-order valence-electron chi connectivity index (χ0n) is 9.72. The van der Waals surface area contributed by atoms with Crippen LogP contribution in [0.5, 0.6) is 0 Å². The van der Waals surface area contributed by atoms with E-state index in [1.54, 1.807) is 0 Å². The highest BCUT2D eigenvalue weighted by atomic mass is 32.1. The second-order valence-corrected chi connectivity index (χ2v) is 4.62. The average Bonchev–Trinajstić information content (AvgIpc) is 2.38. The Morgan fingerprint density at radius 2 is 1.94 bits per heavy atom. The van der Waals surface area contributed by atoms with Crippen LogP contribution in [-0.4, -0.2) is 24.3 Å². The van der Waals surface area contributed by atoms with Crippen molar-refractivity contribution in [2.24, 2.45) is 5.73 Å². The molecule has 0 aromatic heterocycles. The number of nitrogens with two attached hydrogens (primary N) is 1. The number of rotatable bonds is 4. The van der Waals surface area contributed by atoms with Crippen LogP contribution in [-0.2, 0) is 16.1 Å². The minimum Gasteiger partial charge on any atom is -0.389 e. The predicted molar refractivity (Wildman–Crippen MR) is 71.0 cm³/mol. The second-order valence-electron chi connectivity index (χ2n) is 4.18. The number of ether oxygens (including phenoxy) is 2. The molecule has 0 saturated carbocycles. The first-order chi connectivity index (χ1) is 8.25. The third kappa shape index (κ3) is 3.77. The van der Waals surface area contributed by atoms with E-state index in [0.717, 1.165) is 37.2 Å². The fraction of sp³-hybridized carbons (Fsp3) is 0.462. The molecule has 1 fully saturated rings. The van der Waals surface area contributed by atoms with Crippen molar-refractivity contribution in [2.75, 3.05) is 13.2 Å². The van der Waals surface area contributed by atoms with Crippen LogP contribution < -0.4 is 5.73 Å². The quantitative estimate of drug-likeness (QED) is 0.832. The standard InChI is InChI=1S/C13H17NO2S/c14-13(17)11-3-1-10(2-4-11)9-16-12-5-7-15-8-6-12/h1-4,12H,5-9H2,(H2,14,17). The molecule has 1 aromatic rings. The maximum atomic E-state index is 5.83. The summed E-state index contributed by atoms with van der Waals surface area (Å²) in [6.45, 7) is 2.26. The van der Waals surface area contributed by atoms with Crippen molar-refractivity contribution in [3.05, 3.63) is 35.4 Å². The van der Waals surface area contributed by atoms with Crippen LogP contribution in [0, 0.1) is 0 Å². The van der Waals surface area contributed by atoms with Crippen molar-refractivity contribution in [3.8, 4) is 0 Å². The van der Waals surface area contributed by atoms with Gasteiger partial charge in [-0.3, -0.25) is 0 Å². The smallest absolute Gasteiger partial charge is 0.103 e. The fourth-order valence-corrected chi connectivity index (χ4v) is 1.96. The monoisotopic (exact) mass is 251 g/mol. The highest BCUT2D eigenvalue weighted by Gasteiger charge is 2.13. The van der Waals surface area contributed by atoms with Gasteiger partial charge in [-0.05, 0) is 18.4 Å². The van der Waals surface area contributed by atoms with Gasteiger partial charge in [-0.15, -0.1) is 0 Å². The summed E-state index contributed by atoms with van der Waals surface area (Å²) in [6, 6.07) is 7.89. The molecule has 4 heteroatoms. The molecule has 92 valence electrons. The first kappa shape index (κ1) is 12.5. The third-order valence-corrected chi connectivity index (χ3v) is 3.13. The van der Waals surface area contributed by atoms with Crippen molar-refractivity contribution in [2.45, 2.75) is 25.6 Å². The van der Waals surface area contributed by atoms with Crippen molar-refractivity contribution >= 4 is 17.2 Å². The van der Waals surface area contributed by atoms with Gasteiger partial charge in [0.15, 0.2) is 0 Å². The number of benzene rings is 1. The Labute approximate surface area is 107 Å². The molecule has 1 heterocycles. The summed E-state index contributed by atoms with van der Waals surface area (Å²) in [6.07, 6.45) is 2.31. The molecular formula is C13H17NO2S. The summed E-state index contributed by atoms with van der Waals surface area (Å²) in [5, 5.41) is 0. The highest BCUT2D eigenvalue weighted by Crippen LogP contribution is 2.13. The Kier molecular flexibility index (Phi) is 4.48. The van der Waals surface area contributed by atoms with E-state index in [1.807, 2.05) is 24.3 Å². The van der Waals surface area contributed by atoms with E-state index >= 15 is 0 Å². The van der Waals surface area contributed by atoms with Gasteiger partial charge in [-0.2, -0.15) is 0 Å². The molecule has 0 unspecified atom stereocenters. The van der Waals surface area contributed by atoms with Gasteiger partial charge in [0.2, 0.25) is 0 Å². The Bertz CT molecular complexity index is 372. The van der Waals surface area contributed by atoms with E-state index in [1.165, 1.54) is 0 Å². The van der Waals surface area contributed by atoms with Crippen LogP contribution in [0.1, 0.15) is 24.0 Å². The molecule has 1 aliphatic heterocycles. The summed E-state index contributed by atoms with van der Waals surface area (Å²) in [5.74, 6) is 0. The van der Waals surface area contributed by atoms with E-state index in [-0.39, 0.29) is 0 Å². The molecule has 0 spiro atoms. The lowest BCUT2D eigenvalue weighted by molar-refractivity contribution is -0.0390. The normalized spacial score (nSPS) is 16.9. The third-order valence-electron chi connectivity index (χ3n) is 2.89. The average molecular weight is 251 g/mol. The fourth-order valence-electron chi connectivity index (χ4n) is 1.82. The first-order valence-corrected chi connectivity index (χ1v) is 6.24. The lowest BCUT2D eigenvalue weighted by Gasteiger charge is -2.22. The molecule has 0 radical (unpaired) electrons. The van der Waals surface area contributed by atoms with Gasteiger partial charge in [0, 0.05) is 18.8 Å². The summed E-state index contributed by atoms with van der Waals surface area (Å²) in [5.41, 5.74) is 7.59. The predicted octanol–water partition coefficient (Wildman–Crippen LogP) is 2.02. The number of hydrogen-bond donors (Lipinski definition) is 1. The van der Waals surface area contributed by atoms with Gasteiger partial charge in [-0.25, -0.2) is 0 Å². The van der Waals surface area contributed by atoms with Crippen LogP contribution in [0.15, 0.2) is 24.3 Å². The molecule has 1 aromatic carbocycles. The summed E-state index contributed by atoms with van der Waals surface area (Å²) in [7, 11) is 0. The maximum absolute atomic E-state index is 5.83. The van der Waals surface area contributed by atoms with Gasteiger partial charge in [0.25, 0.3) is 0 Å². The van der Waals surface area contributed by atoms with Crippen LogP contribution in [0.2, 0.25) is 0 Å². The van der Waals surface area contributed by atoms with Crippen molar-refractivity contribution in [3.63, 3.8) is 0 Å². The van der Waals surface area contributed by atoms with Crippen LogP contribution in [0.4, 0.5) is 0 Å². The van der Waals surface area contributed by atoms with E-state index in [9.17, 15) is 0 Å². The van der Waals surface area contributed by atoms with E-state index in [2.05, 4.69) is 0 Å². The largest absolute Gasteiger partial charge is 0.389 e. The van der Waals surface area contributed by atoms with E-state index in [4.69, 9.17) is 27.4 Å². The Morgan fingerprint density at radius 3 is 2.53 bits per heavy atom. The van der Waals surface area contributed by atoms with Crippen molar-refractivity contribution < 1.29 is 9.47 Å². The molecule has 17 heavy (non-hydrogen) atoms. The zero-order valence-corrected chi connectivity index (χ0v) is 10.5. The minimum atomic E-state index is 0.332. The number of hydrogen-bond acceptors (Lipinski definition) is 3. The molecule has 0 bridgehead atoms. The topological polar surface area (TPSA) is 44.5 Å². The van der Waals surface area contributed by atoms with Crippen molar-refractivity contribution in [1.29, 1.82) is 0 Å². The molecule has 0 aliphatic carbocycles.